The first-order valence-electron chi connectivity index (χ1n) is 5.04. The van der Waals surface area contributed by atoms with Crippen LogP contribution >= 0.6 is 0 Å². The Morgan fingerprint density at radius 2 is 1.82 bits per heavy atom. The standard InChI is InChI=1S/C13H8O4/c14-7-4-5-10-8(6-7)13(16)12-9(15)2-1-3-11(12)17-10/h1-6,14-15H. The third kappa shape index (κ3) is 1.34. The molecule has 4 nitrogen and oxygen atoms in total. The molecule has 0 radical (unpaired) electrons. The van der Waals surface area contributed by atoms with Gasteiger partial charge in [-0.2, -0.15) is 0 Å². The summed E-state index contributed by atoms with van der Waals surface area (Å²) < 4.78 is 5.49. The Morgan fingerprint density at radius 1 is 1.00 bits per heavy atom. The van der Waals surface area contributed by atoms with E-state index in [2.05, 4.69) is 0 Å². The molecule has 0 unspecified atom stereocenters. The van der Waals surface area contributed by atoms with E-state index in [4.69, 9.17) is 4.42 Å². The lowest BCUT2D eigenvalue weighted by atomic mass is 10.1. The normalized spacial score (nSPS) is 11.1. The van der Waals surface area contributed by atoms with Crippen LogP contribution in [0.3, 0.4) is 0 Å². The van der Waals surface area contributed by atoms with E-state index >= 15 is 0 Å². The minimum atomic E-state index is -0.352. The lowest BCUT2D eigenvalue weighted by Gasteiger charge is -2.02. The van der Waals surface area contributed by atoms with E-state index in [0.29, 0.717) is 11.2 Å². The number of phenolic OH excluding ortho intramolecular Hbond substituents is 2. The molecule has 0 aliphatic carbocycles. The first kappa shape index (κ1) is 9.72. The largest absolute Gasteiger partial charge is 0.508 e. The Labute approximate surface area is 95.3 Å². The summed E-state index contributed by atoms with van der Waals surface area (Å²) in [5.74, 6) is -0.138. The van der Waals surface area contributed by atoms with Crippen LogP contribution in [-0.2, 0) is 0 Å². The predicted octanol–water partition coefficient (Wildman–Crippen LogP) is 2.36. The van der Waals surface area contributed by atoms with Crippen LogP contribution in [0.25, 0.3) is 21.9 Å². The highest BCUT2D eigenvalue weighted by atomic mass is 16.3. The molecule has 3 rings (SSSR count). The summed E-state index contributed by atoms with van der Waals surface area (Å²) in [4.78, 5) is 12.1. The molecule has 4 heteroatoms. The zero-order chi connectivity index (χ0) is 12.0. The van der Waals surface area contributed by atoms with Gasteiger partial charge >= 0.3 is 0 Å². The summed E-state index contributed by atoms with van der Waals surface area (Å²) in [6.07, 6.45) is 0. The summed E-state index contributed by atoms with van der Waals surface area (Å²) in [5, 5.41) is 19.4. The fraction of sp³-hybridized carbons (Fsp3) is 0. The summed E-state index contributed by atoms with van der Waals surface area (Å²) in [6.45, 7) is 0. The van der Waals surface area contributed by atoms with Crippen molar-refractivity contribution in [2.24, 2.45) is 0 Å². The Balaban J connectivity index is 2.63. The molecule has 0 bridgehead atoms. The molecule has 0 atom stereocenters. The first-order chi connectivity index (χ1) is 8.16. The molecular weight excluding hydrogens is 220 g/mol. The maximum absolute atomic E-state index is 12.1. The maximum Gasteiger partial charge on any atom is 0.204 e. The van der Waals surface area contributed by atoms with Crippen LogP contribution in [0.15, 0.2) is 45.6 Å². The van der Waals surface area contributed by atoms with E-state index in [1.165, 1.54) is 24.3 Å². The number of phenols is 2. The second-order valence-electron chi connectivity index (χ2n) is 3.76. The fourth-order valence-corrected chi connectivity index (χ4v) is 1.87. The van der Waals surface area contributed by atoms with Gasteiger partial charge in [-0.25, -0.2) is 0 Å². The van der Waals surface area contributed by atoms with Crippen LogP contribution < -0.4 is 5.43 Å². The molecule has 17 heavy (non-hydrogen) atoms. The van der Waals surface area contributed by atoms with Gasteiger partial charge in [-0.15, -0.1) is 0 Å². The van der Waals surface area contributed by atoms with Crippen molar-refractivity contribution in [3.63, 3.8) is 0 Å². The molecule has 0 saturated carbocycles. The van der Waals surface area contributed by atoms with Crippen molar-refractivity contribution in [3.05, 3.63) is 46.6 Å². The molecule has 1 aromatic heterocycles. The van der Waals surface area contributed by atoms with Crippen LogP contribution in [0.1, 0.15) is 0 Å². The van der Waals surface area contributed by atoms with E-state index in [-0.39, 0.29) is 27.7 Å². The van der Waals surface area contributed by atoms with Crippen molar-refractivity contribution < 1.29 is 14.6 Å². The summed E-state index contributed by atoms with van der Waals surface area (Å²) in [5.41, 5.74) is 0.356. The van der Waals surface area contributed by atoms with Crippen LogP contribution in [0.2, 0.25) is 0 Å². The zero-order valence-corrected chi connectivity index (χ0v) is 8.68. The lowest BCUT2D eigenvalue weighted by molar-refractivity contribution is 0.475. The van der Waals surface area contributed by atoms with Crippen molar-refractivity contribution in [2.45, 2.75) is 0 Å². The van der Waals surface area contributed by atoms with Crippen molar-refractivity contribution in [3.8, 4) is 11.5 Å². The lowest BCUT2D eigenvalue weighted by Crippen LogP contribution is -2.01. The second kappa shape index (κ2) is 3.25. The molecule has 2 N–H and O–H groups in total. The second-order valence-corrected chi connectivity index (χ2v) is 3.76. The minimum Gasteiger partial charge on any atom is -0.508 e. The van der Waals surface area contributed by atoms with Gasteiger partial charge in [0.15, 0.2) is 0 Å². The Kier molecular flexibility index (Phi) is 1.86. The van der Waals surface area contributed by atoms with Crippen molar-refractivity contribution >= 4 is 21.9 Å². The monoisotopic (exact) mass is 228 g/mol. The molecule has 0 aliphatic heterocycles. The van der Waals surface area contributed by atoms with Gasteiger partial charge in [0.2, 0.25) is 5.43 Å². The predicted molar refractivity (Wildman–Crippen MR) is 63.3 cm³/mol. The topological polar surface area (TPSA) is 70.7 Å². The molecule has 0 spiro atoms. The molecule has 0 fully saturated rings. The smallest absolute Gasteiger partial charge is 0.204 e. The van der Waals surface area contributed by atoms with E-state index in [1.54, 1.807) is 12.1 Å². The van der Waals surface area contributed by atoms with Crippen molar-refractivity contribution in [1.29, 1.82) is 0 Å². The van der Waals surface area contributed by atoms with Crippen LogP contribution in [0.4, 0.5) is 0 Å². The number of hydrogen-bond acceptors (Lipinski definition) is 4. The van der Waals surface area contributed by atoms with Gasteiger partial charge in [0.05, 0.1) is 5.39 Å². The van der Waals surface area contributed by atoms with E-state index in [1.807, 2.05) is 0 Å². The SMILES string of the molecule is O=c1c2cc(O)ccc2oc2cccc(O)c12. The van der Waals surface area contributed by atoms with Crippen LogP contribution in [-0.4, -0.2) is 10.2 Å². The molecule has 0 amide bonds. The summed E-state index contributed by atoms with van der Waals surface area (Å²) in [6, 6.07) is 8.94. The van der Waals surface area contributed by atoms with Gasteiger partial charge in [0, 0.05) is 0 Å². The average molecular weight is 228 g/mol. The van der Waals surface area contributed by atoms with Crippen LogP contribution in [0, 0.1) is 0 Å². The third-order valence-corrected chi connectivity index (χ3v) is 2.66. The number of fused-ring (bicyclic) bond motifs is 2. The first-order valence-corrected chi connectivity index (χ1v) is 5.04. The average Bonchev–Trinajstić information content (AvgIpc) is 2.30. The summed E-state index contributed by atoms with van der Waals surface area (Å²) in [7, 11) is 0. The number of rotatable bonds is 0. The van der Waals surface area contributed by atoms with E-state index in [9.17, 15) is 15.0 Å². The highest BCUT2D eigenvalue weighted by Crippen LogP contribution is 2.26. The van der Waals surface area contributed by atoms with Gasteiger partial charge in [0.1, 0.15) is 28.1 Å². The number of hydrogen-bond donors (Lipinski definition) is 2. The van der Waals surface area contributed by atoms with Crippen LogP contribution in [0.5, 0.6) is 11.5 Å². The Bertz CT molecular complexity index is 786. The van der Waals surface area contributed by atoms with Gasteiger partial charge < -0.3 is 14.6 Å². The molecule has 1 heterocycles. The molecule has 84 valence electrons. The molecule has 0 aliphatic rings. The third-order valence-electron chi connectivity index (χ3n) is 2.66. The minimum absolute atomic E-state index is 0.0143. The van der Waals surface area contributed by atoms with Crippen molar-refractivity contribution in [2.75, 3.05) is 0 Å². The zero-order valence-electron chi connectivity index (χ0n) is 8.68. The van der Waals surface area contributed by atoms with Crippen molar-refractivity contribution in [1.82, 2.24) is 0 Å². The fourth-order valence-electron chi connectivity index (χ4n) is 1.87. The van der Waals surface area contributed by atoms with Gasteiger partial charge in [-0.1, -0.05) is 6.07 Å². The summed E-state index contributed by atoms with van der Waals surface area (Å²) >= 11 is 0. The number of aromatic hydroxyl groups is 2. The van der Waals surface area contributed by atoms with Gasteiger partial charge in [0.25, 0.3) is 0 Å². The molecule has 0 saturated heterocycles. The van der Waals surface area contributed by atoms with Gasteiger partial charge in [-0.3, -0.25) is 4.79 Å². The molecular formula is C13H8O4. The van der Waals surface area contributed by atoms with E-state index < -0.39 is 0 Å². The van der Waals surface area contributed by atoms with E-state index in [0.717, 1.165) is 0 Å². The number of benzene rings is 2. The Morgan fingerprint density at radius 3 is 2.65 bits per heavy atom. The molecule has 2 aromatic carbocycles. The quantitative estimate of drug-likeness (QED) is 0.579. The van der Waals surface area contributed by atoms with Gasteiger partial charge in [-0.05, 0) is 30.3 Å². The maximum atomic E-state index is 12.1. The Hall–Kier alpha value is -2.49. The molecule has 3 aromatic rings. The highest BCUT2D eigenvalue weighted by molar-refractivity contribution is 5.93. The highest BCUT2D eigenvalue weighted by Gasteiger charge is 2.11.